The SMILES string of the molecule is C[C@H]1C=Cc2ccccc2[C@@H]1NS(=O)(=O)c1cccs1. The number of hydrogen-bond acceptors (Lipinski definition) is 3. The number of benzene rings is 1. The molecule has 0 unspecified atom stereocenters. The topological polar surface area (TPSA) is 46.2 Å². The zero-order valence-electron chi connectivity index (χ0n) is 11.0. The molecule has 2 atom stereocenters. The molecule has 3 nitrogen and oxygen atoms in total. The Balaban J connectivity index is 1.97. The predicted octanol–water partition coefficient (Wildman–Crippen LogP) is 3.43. The molecule has 0 bridgehead atoms. The Morgan fingerprint density at radius 2 is 1.95 bits per heavy atom. The first kappa shape index (κ1) is 13.5. The number of hydrogen-bond donors (Lipinski definition) is 1. The summed E-state index contributed by atoms with van der Waals surface area (Å²) in [6.07, 6.45) is 4.10. The van der Waals surface area contributed by atoms with Crippen molar-refractivity contribution in [3.05, 3.63) is 59.0 Å². The van der Waals surface area contributed by atoms with E-state index in [1.165, 1.54) is 11.3 Å². The van der Waals surface area contributed by atoms with E-state index in [4.69, 9.17) is 0 Å². The molecule has 3 rings (SSSR count). The molecule has 104 valence electrons. The summed E-state index contributed by atoms with van der Waals surface area (Å²) in [7, 11) is -3.46. The van der Waals surface area contributed by atoms with Crippen LogP contribution in [-0.4, -0.2) is 8.42 Å². The van der Waals surface area contributed by atoms with Crippen molar-refractivity contribution in [3.63, 3.8) is 0 Å². The molecule has 0 fully saturated rings. The second-order valence-electron chi connectivity index (χ2n) is 4.88. The molecule has 1 N–H and O–H groups in total. The molecule has 0 saturated heterocycles. The van der Waals surface area contributed by atoms with Gasteiger partial charge in [0.15, 0.2) is 0 Å². The van der Waals surface area contributed by atoms with Crippen LogP contribution in [-0.2, 0) is 10.0 Å². The van der Waals surface area contributed by atoms with E-state index in [9.17, 15) is 8.42 Å². The van der Waals surface area contributed by atoms with E-state index in [0.717, 1.165) is 11.1 Å². The maximum Gasteiger partial charge on any atom is 0.250 e. The molecule has 1 aliphatic rings. The fourth-order valence-corrected chi connectivity index (χ4v) is 4.72. The van der Waals surface area contributed by atoms with Crippen molar-refractivity contribution in [1.82, 2.24) is 4.72 Å². The summed E-state index contributed by atoms with van der Waals surface area (Å²) in [5.41, 5.74) is 2.10. The number of nitrogens with one attached hydrogen (secondary N) is 1. The molecule has 1 aromatic carbocycles. The van der Waals surface area contributed by atoms with E-state index >= 15 is 0 Å². The van der Waals surface area contributed by atoms with Crippen LogP contribution in [0.15, 0.2) is 52.1 Å². The van der Waals surface area contributed by atoms with Gasteiger partial charge >= 0.3 is 0 Å². The molecule has 1 aromatic heterocycles. The van der Waals surface area contributed by atoms with Crippen molar-refractivity contribution >= 4 is 27.4 Å². The quantitative estimate of drug-likeness (QED) is 0.944. The number of fused-ring (bicyclic) bond motifs is 1. The second kappa shape index (κ2) is 5.16. The lowest BCUT2D eigenvalue weighted by Gasteiger charge is -2.27. The van der Waals surface area contributed by atoms with Crippen LogP contribution in [0.4, 0.5) is 0 Å². The van der Waals surface area contributed by atoms with Gasteiger partial charge in [-0.2, -0.15) is 0 Å². The van der Waals surface area contributed by atoms with Crippen LogP contribution in [0.3, 0.4) is 0 Å². The van der Waals surface area contributed by atoms with E-state index < -0.39 is 10.0 Å². The van der Waals surface area contributed by atoms with Crippen molar-refractivity contribution in [3.8, 4) is 0 Å². The van der Waals surface area contributed by atoms with E-state index in [0.29, 0.717) is 4.21 Å². The van der Waals surface area contributed by atoms with Gasteiger partial charge in [0.2, 0.25) is 0 Å². The molecule has 1 aliphatic carbocycles. The fourth-order valence-electron chi connectivity index (χ4n) is 2.41. The first-order valence-corrected chi connectivity index (χ1v) is 8.77. The molecular formula is C15H15NO2S2. The Bertz CT molecular complexity index is 733. The summed E-state index contributed by atoms with van der Waals surface area (Å²) in [6, 6.07) is 11.0. The van der Waals surface area contributed by atoms with Crippen LogP contribution in [0.25, 0.3) is 6.08 Å². The third kappa shape index (κ3) is 2.44. The van der Waals surface area contributed by atoms with Crippen LogP contribution >= 0.6 is 11.3 Å². The number of sulfonamides is 1. The normalized spacial score (nSPS) is 21.6. The van der Waals surface area contributed by atoms with Gasteiger partial charge in [0.05, 0.1) is 6.04 Å². The molecule has 0 radical (unpaired) electrons. The third-order valence-electron chi connectivity index (χ3n) is 3.48. The summed E-state index contributed by atoms with van der Waals surface area (Å²) in [6.45, 7) is 2.02. The van der Waals surface area contributed by atoms with Gasteiger partial charge in [0.25, 0.3) is 10.0 Å². The Morgan fingerprint density at radius 1 is 1.15 bits per heavy atom. The average molecular weight is 305 g/mol. The maximum atomic E-state index is 12.4. The number of rotatable bonds is 3. The van der Waals surface area contributed by atoms with Crippen LogP contribution in [0.2, 0.25) is 0 Å². The standard InChI is InChI=1S/C15H15NO2S2/c1-11-8-9-12-5-2-3-6-13(12)15(11)16-20(17,18)14-7-4-10-19-14/h2-11,15-16H,1H3/t11-,15+/m0/s1. The van der Waals surface area contributed by atoms with Gasteiger partial charge in [-0.3, -0.25) is 0 Å². The Labute approximate surface area is 123 Å². The van der Waals surface area contributed by atoms with Crippen molar-refractivity contribution in [2.75, 3.05) is 0 Å². The summed E-state index contributed by atoms with van der Waals surface area (Å²) in [5, 5.41) is 1.77. The van der Waals surface area contributed by atoms with Gasteiger partial charge in [-0.25, -0.2) is 13.1 Å². The monoisotopic (exact) mass is 305 g/mol. The summed E-state index contributed by atoms with van der Waals surface area (Å²) in [5.74, 6) is 0.125. The average Bonchev–Trinajstić information content (AvgIpc) is 2.97. The molecule has 5 heteroatoms. The molecule has 2 aromatic rings. The lowest BCUT2D eigenvalue weighted by atomic mass is 9.86. The predicted molar refractivity (Wildman–Crippen MR) is 82.0 cm³/mol. The maximum absolute atomic E-state index is 12.4. The zero-order chi connectivity index (χ0) is 14.2. The van der Waals surface area contributed by atoms with E-state index in [1.54, 1.807) is 17.5 Å². The molecule has 1 heterocycles. The van der Waals surface area contributed by atoms with E-state index in [1.807, 2.05) is 37.3 Å². The lowest BCUT2D eigenvalue weighted by Crippen LogP contribution is -2.33. The van der Waals surface area contributed by atoms with E-state index in [-0.39, 0.29) is 12.0 Å². The fraction of sp³-hybridized carbons (Fsp3) is 0.200. The molecule has 0 amide bonds. The Hall–Kier alpha value is -1.43. The smallest absolute Gasteiger partial charge is 0.206 e. The molecular weight excluding hydrogens is 290 g/mol. The molecule has 0 spiro atoms. The minimum absolute atomic E-state index is 0.125. The zero-order valence-corrected chi connectivity index (χ0v) is 12.6. The third-order valence-corrected chi connectivity index (χ3v) is 6.32. The van der Waals surface area contributed by atoms with Gasteiger partial charge in [0, 0.05) is 0 Å². The van der Waals surface area contributed by atoms with Crippen molar-refractivity contribution in [2.24, 2.45) is 5.92 Å². The minimum Gasteiger partial charge on any atom is -0.206 e. The van der Waals surface area contributed by atoms with Crippen LogP contribution in [0.5, 0.6) is 0 Å². The molecule has 20 heavy (non-hydrogen) atoms. The first-order valence-electron chi connectivity index (χ1n) is 6.41. The Morgan fingerprint density at radius 3 is 2.70 bits per heavy atom. The highest BCUT2D eigenvalue weighted by Crippen LogP contribution is 2.33. The van der Waals surface area contributed by atoms with Gasteiger partial charge in [-0.1, -0.05) is 49.4 Å². The summed E-state index contributed by atoms with van der Waals surface area (Å²) < 4.78 is 28.0. The molecule has 0 aliphatic heterocycles. The summed E-state index contributed by atoms with van der Waals surface area (Å²) >= 11 is 1.23. The first-order chi connectivity index (χ1) is 9.58. The van der Waals surface area contributed by atoms with Gasteiger partial charge in [-0.15, -0.1) is 11.3 Å². The van der Waals surface area contributed by atoms with Crippen molar-refractivity contribution in [1.29, 1.82) is 0 Å². The highest BCUT2D eigenvalue weighted by Gasteiger charge is 2.28. The van der Waals surface area contributed by atoms with E-state index in [2.05, 4.69) is 10.8 Å². The van der Waals surface area contributed by atoms with Crippen molar-refractivity contribution < 1.29 is 8.42 Å². The van der Waals surface area contributed by atoms with Crippen LogP contribution in [0, 0.1) is 5.92 Å². The summed E-state index contributed by atoms with van der Waals surface area (Å²) in [4.78, 5) is 0. The van der Waals surface area contributed by atoms with Gasteiger partial charge < -0.3 is 0 Å². The van der Waals surface area contributed by atoms with Crippen LogP contribution in [0.1, 0.15) is 24.1 Å². The van der Waals surface area contributed by atoms with Crippen molar-refractivity contribution in [2.45, 2.75) is 17.2 Å². The minimum atomic E-state index is -3.46. The second-order valence-corrected chi connectivity index (χ2v) is 7.77. The Kier molecular flexibility index (Phi) is 3.50. The largest absolute Gasteiger partial charge is 0.250 e. The van der Waals surface area contributed by atoms with Crippen LogP contribution < -0.4 is 4.72 Å². The molecule has 0 saturated carbocycles. The van der Waals surface area contributed by atoms with Gasteiger partial charge in [-0.05, 0) is 28.5 Å². The van der Waals surface area contributed by atoms with Gasteiger partial charge in [0.1, 0.15) is 4.21 Å². The number of thiophene rings is 1. The lowest BCUT2D eigenvalue weighted by molar-refractivity contribution is 0.495. The highest BCUT2D eigenvalue weighted by atomic mass is 32.2. The highest BCUT2D eigenvalue weighted by molar-refractivity contribution is 7.91.